The number of hydrogen-bond acceptors (Lipinski definition) is 4. The normalized spacial score (nSPS) is 15.9. The smallest absolute Gasteiger partial charge is 0.283 e. The number of anilines is 1. The van der Waals surface area contributed by atoms with E-state index in [0.29, 0.717) is 16.4 Å². The van der Waals surface area contributed by atoms with Crippen molar-refractivity contribution in [1.82, 2.24) is 9.78 Å². The molecule has 0 amide bonds. The van der Waals surface area contributed by atoms with Crippen LogP contribution in [0.1, 0.15) is 19.3 Å². The third kappa shape index (κ3) is 3.49. The van der Waals surface area contributed by atoms with Crippen molar-refractivity contribution < 1.29 is 4.74 Å². The summed E-state index contributed by atoms with van der Waals surface area (Å²) in [5.41, 5.74) is 0.932. The minimum absolute atomic E-state index is 0.142. The van der Waals surface area contributed by atoms with E-state index in [1.165, 1.54) is 17.5 Å². The first-order chi connectivity index (χ1) is 9.62. The lowest BCUT2D eigenvalue weighted by atomic mass is 10.0. The number of methoxy groups -OCH3 is 1. The number of nitrogens with one attached hydrogen (secondary N) is 1. The highest BCUT2D eigenvalue weighted by molar-refractivity contribution is 9.10. The zero-order valence-corrected chi connectivity index (χ0v) is 13.3. The van der Waals surface area contributed by atoms with Crippen molar-refractivity contribution in [3.63, 3.8) is 0 Å². The zero-order chi connectivity index (χ0) is 14.6. The summed E-state index contributed by atoms with van der Waals surface area (Å²) in [6, 6.07) is 0. The summed E-state index contributed by atoms with van der Waals surface area (Å²) in [5.74, 6) is 0. The van der Waals surface area contributed by atoms with Gasteiger partial charge in [0.25, 0.3) is 5.56 Å². The second kappa shape index (κ2) is 6.54. The van der Waals surface area contributed by atoms with Crippen molar-refractivity contribution in [2.45, 2.75) is 25.8 Å². The van der Waals surface area contributed by atoms with Gasteiger partial charge in [-0.25, -0.2) is 4.68 Å². The third-order valence-corrected chi connectivity index (χ3v) is 4.50. The molecule has 5 nitrogen and oxygen atoms in total. The molecule has 1 fully saturated rings. The van der Waals surface area contributed by atoms with E-state index < -0.39 is 0 Å². The Hall–Kier alpha value is -1.14. The molecule has 2 rings (SSSR count). The molecule has 0 unspecified atom stereocenters. The molecule has 110 valence electrons. The van der Waals surface area contributed by atoms with E-state index in [0.717, 1.165) is 25.3 Å². The second-order valence-corrected chi connectivity index (χ2v) is 6.04. The maximum atomic E-state index is 12.0. The van der Waals surface area contributed by atoms with Crippen LogP contribution in [0, 0.1) is 5.41 Å². The summed E-state index contributed by atoms with van der Waals surface area (Å²) < 4.78 is 7.04. The molecule has 0 spiro atoms. The average molecular weight is 342 g/mol. The van der Waals surface area contributed by atoms with Gasteiger partial charge in [0, 0.05) is 20.3 Å². The number of rotatable bonds is 8. The summed E-state index contributed by atoms with van der Waals surface area (Å²) in [6.07, 6.45) is 6.80. The Bertz CT molecular complexity index is 538. The Morgan fingerprint density at radius 1 is 1.65 bits per heavy atom. The largest absolute Gasteiger partial charge is 0.385 e. The Morgan fingerprint density at radius 3 is 3.00 bits per heavy atom. The van der Waals surface area contributed by atoms with Gasteiger partial charge >= 0.3 is 0 Å². The number of allylic oxidation sites excluding steroid dienone is 1. The van der Waals surface area contributed by atoms with Crippen LogP contribution in [0.5, 0.6) is 0 Å². The Balaban J connectivity index is 2.02. The van der Waals surface area contributed by atoms with E-state index in [2.05, 4.69) is 32.9 Å². The monoisotopic (exact) mass is 341 g/mol. The maximum Gasteiger partial charge on any atom is 0.283 e. The summed E-state index contributed by atoms with van der Waals surface area (Å²) in [7, 11) is 1.73. The molecule has 0 aromatic carbocycles. The van der Waals surface area contributed by atoms with Crippen LogP contribution in [0.25, 0.3) is 0 Å². The highest BCUT2D eigenvalue weighted by Crippen LogP contribution is 2.48. The number of aromatic nitrogens is 2. The molecule has 1 aromatic rings. The van der Waals surface area contributed by atoms with Crippen LogP contribution in [-0.4, -0.2) is 30.0 Å². The van der Waals surface area contributed by atoms with Gasteiger partial charge < -0.3 is 10.1 Å². The van der Waals surface area contributed by atoms with Crippen molar-refractivity contribution in [2.24, 2.45) is 5.41 Å². The summed E-state index contributed by atoms with van der Waals surface area (Å²) in [4.78, 5) is 12.0. The van der Waals surface area contributed by atoms with Gasteiger partial charge in [-0.05, 0) is 40.6 Å². The second-order valence-electron chi connectivity index (χ2n) is 5.24. The van der Waals surface area contributed by atoms with Gasteiger partial charge in [0.05, 0.1) is 18.4 Å². The molecule has 1 aliphatic carbocycles. The van der Waals surface area contributed by atoms with Gasteiger partial charge in [-0.2, -0.15) is 5.10 Å². The van der Waals surface area contributed by atoms with E-state index in [1.807, 2.05) is 0 Å². The molecular formula is C14H20BrN3O2. The van der Waals surface area contributed by atoms with E-state index in [4.69, 9.17) is 4.74 Å². The molecule has 0 aliphatic heterocycles. The molecule has 0 bridgehead atoms. The Morgan fingerprint density at radius 2 is 2.40 bits per heavy atom. The van der Waals surface area contributed by atoms with Crippen LogP contribution >= 0.6 is 15.9 Å². The lowest BCUT2D eigenvalue weighted by Gasteiger charge is -2.17. The fourth-order valence-electron chi connectivity index (χ4n) is 2.13. The van der Waals surface area contributed by atoms with Crippen LogP contribution in [-0.2, 0) is 11.3 Å². The molecule has 1 N–H and O–H groups in total. The van der Waals surface area contributed by atoms with Crippen LogP contribution in [0.15, 0.2) is 28.1 Å². The molecule has 0 saturated heterocycles. The van der Waals surface area contributed by atoms with Gasteiger partial charge in [0.1, 0.15) is 4.47 Å². The quantitative estimate of drug-likeness (QED) is 0.737. The lowest BCUT2D eigenvalue weighted by Crippen LogP contribution is -2.25. The van der Waals surface area contributed by atoms with Crippen molar-refractivity contribution in [3.05, 3.63) is 33.7 Å². The average Bonchev–Trinajstić information content (AvgIpc) is 3.22. The lowest BCUT2D eigenvalue weighted by molar-refractivity contribution is 0.175. The van der Waals surface area contributed by atoms with E-state index >= 15 is 0 Å². The molecule has 1 saturated carbocycles. The van der Waals surface area contributed by atoms with Gasteiger partial charge in [-0.3, -0.25) is 4.79 Å². The highest BCUT2D eigenvalue weighted by atomic mass is 79.9. The van der Waals surface area contributed by atoms with E-state index in [1.54, 1.807) is 19.4 Å². The standard InChI is InChI=1S/C14H20BrN3O2/c1-3-7-18-13(19)12(15)11(9-17-18)16-10-14(4-5-14)6-8-20-2/h3,9,16H,1,4-8,10H2,2H3. The molecule has 6 heteroatoms. The minimum Gasteiger partial charge on any atom is -0.385 e. The van der Waals surface area contributed by atoms with Gasteiger partial charge in [0.2, 0.25) is 0 Å². The first-order valence-corrected chi connectivity index (χ1v) is 7.50. The van der Waals surface area contributed by atoms with Gasteiger partial charge in [-0.15, -0.1) is 6.58 Å². The van der Waals surface area contributed by atoms with Crippen molar-refractivity contribution >= 4 is 21.6 Å². The first-order valence-electron chi connectivity index (χ1n) is 6.71. The topological polar surface area (TPSA) is 56.1 Å². The first kappa shape index (κ1) is 15.3. The molecular weight excluding hydrogens is 322 g/mol. The van der Waals surface area contributed by atoms with Crippen LogP contribution in [0.3, 0.4) is 0 Å². The Kier molecular flexibility index (Phi) is 4.99. The van der Waals surface area contributed by atoms with Crippen LogP contribution < -0.4 is 10.9 Å². The zero-order valence-electron chi connectivity index (χ0n) is 11.7. The molecule has 0 radical (unpaired) electrons. The fourth-order valence-corrected chi connectivity index (χ4v) is 2.58. The number of nitrogens with zero attached hydrogens (tertiary/aromatic N) is 2. The van der Waals surface area contributed by atoms with Gasteiger partial charge in [0.15, 0.2) is 0 Å². The van der Waals surface area contributed by atoms with Crippen LogP contribution in [0.4, 0.5) is 5.69 Å². The molecule has 1 aliphatic rings. The van der Waals surface area contributed by atoms with Crippen molar-refractivity contribution in [1.29, 1.82) is 0 Å². The summed E-state index contributed by atoms with van der Waals surface area (Å²) >= 11 is 3.35. The predicted molar refractivity (Wildman–Crippen MR) is 83.0 cm³/mol. The number of ether oxygens (including phenoxy) is 1. The maximum absolute atomic E-state index is 12.0. The fraction of sp³-hybridized carbons (Fsp3) is 0.571. The minimum atomic E-state index is -0.142. The van der Waals surface area contributed by atoms with Crippen LogP contribution in [0.2, 0.25) is 0 Å². The van der Waals surface area contributed by atoms with E-state index in [9.17, 15) is 4.79 Å². The molecule has 1 heterocycles. The molecule has 1 aromatic heterocycles. The van der Waals surface area contributed by atoms with E-state index in [-0.39, 0.29) is 5.56 Å². The summed E-state index contributed by atoms with van der Waals surface area (Å²) in [6.45, 7) is 5.65. The summed E-state index contributed by atoms with van der Waals surface area (Å²) in [5, 5.41) is 7.46. The van der Waals surface area contributed by atoms with Crippen molar-refractivity contribution in [2.75, 3.05) is 25.6 Å². The predicted octanol–water partition coefficient (Wildman–Crippen LogP) is 2.42. The number of hydrogen-bond donors (Lipinski definition) is 1. The number of halogens is 1. The molecule has 0 atom stereocenters. The highest BCUT2D eigenvalue weighted by Gasteiger charge is 2.41. The third-order valence-electron chi connectivity index (χ3n) is 3.73. The van der Waals surface area contributed by atoms with Crippen molar-refractivity contribution in [3.8, 4) is 0 Å². The SMILES string of the molecule is C=CCn1ncc(NCC2(CCOC)CC2)c(Br)c1=O. The van der Waals surface area contributed by atoms with Gasteiger partial charge in [-0.1, -0.05) is 6.08 Å². The Labute approximate surface area is 127 Å². The molecule has 20 heavy (non-hydrogen) atoms.